The Bertz CT molecular complexity index is 932. The minimum absolute atomic E-state index is 0.146. The summed E-state index contributed by atoms with van der Waals surface area (Å²) in [7, 11) is 0. The zero-order valence-corrected chi connectivity index (χ0v) is 13.9. The molecule has 122 valence electrons. The monoisotopic (exact) mass is 342 g/mol. The van der Waals surface area contributed by atoms with E-state index in [-0.39, 0.29) is 11.8 Å². The molecule has 0 atom stereocenters. The molecule has 0 fully saturated rings. The molecule has 0 saturated carbocycles. The topological polar surface area (TPSA) is 75.5 Å². The quantitative estimate of drug-likeness (QED) is 0.764. The maximum Gasteiger partial charge on any atom is 0.274 e. The number of carbonyl (C=O) groups is 2. The minimum Gasteiger partial charge on any atom is -0.326 e. The van der Waals surface area contributed by atoms with Gasteiger partial charge < -0.3 is 10.6 Å². The van der Waals surface area contributed by atoms with E-state index < -0.39 is 0 Å². The van der Waals surface area contributed by atoms with Gasteiger partial charge in [-0.2, -0.15) is 0 Å². The van der Waals surface area contributed by atoms with Gasteiger partial charge in [0.1, 0.15) is 11.3 Å². The molecule has 2 amide bonds. The minimum atomic E-state index is -0.269. The van der Waals surface area contributed by atoms with E-state index in [4.69, 9.17) is 11.6 Å². The van der Waals surface area contributed by atoms with Crippen molar-refractivity contribution in [3.8, 4) is 0 Å². The zero-order valence-electron chi connectivity index (χ0n) is 13.1. The van der Waals surface area contributed by atoms with Crippen molar-refractivity contribution in [2.75, 3.05) is 10.6 Å². The first-order valence-electron chi connectivity index (χ1n) is 7.27. The van der Waals surface area contributed by atoms with Crippen molar-refractivity contribution in [3.63, 3.8) is 0 Å². The number of hydrogen-bond donors (Lipinski definition) is 2. The summed E-state index contributed by atoms with van der Waals surface area (Å²) in [5, 5.41) is 6.06. The van der Waals surface area contributed by atoms with Crippen molar-refractivity contribution >= 4 is 40.4 Å². The third-order valence-corrected chi connectivity index (χ3v) is 3.68. The van der Waals surface area contributed by atoms with Crippen LogP contribution in [0.25, 0.3) is 5.65 Å². The highest BCUT2D eigenvalue weighted by Crippen LogP contribution is 2.19. The Labute approximate surface area is 143 Å². The summed E-state index contributed by atoms with van der Waals surface area (Å²) < 4.78 is 1.70. The molecule has 0 aliphatic rings. The van der Waals surface area contributed by atoms with Crippen molar-refractivity contribution in [2.45, 2.75) is 13.8 Å². The second kappa shape index (κ2) is 6.33. The number of pyridine rings is 1. The van der Waals surface area contributed by atoms with E-state index in [0.29, 0.717) is 33.4 Å². The Morgan fingerprint density at radius 1 is 1.08 bits per heavy atom. The number of hydrogen-bond acceptors (Lipinski definition) is 3. The van der Waals surface area contributed by atoms with Gasteiger partial charge in [0.2, 0.25) is 5.91 Å². The van der Waals surface area contributed by atoms with E-state index in [1.165, 1.54) is 6.92 Å². The molecule has 0 bridgehead atoms. The van der Waals surface area contributed by atoms with Crippen molar-refractivity contribution in [3.05, 3.63) is 59.0 Å². The van der Waals surface area contributed by atoms with E-state index >= 15 is 0 Å². The molecule has 7 heteroatoms. The lowest BCUT2D eigenvalue weighted by atomic mass is 10.2. The van der Waals surface area contributed by atoms with Crippen LogP contribution in [0.15, 0.2) is 42.6 Å². The maximum atomic E-state index is 12.6. The largest absolute Gasteiger partial charge is 0.326 e. The normalized spacial score (nSPS) is 10.6. The molecular formula is C17H15ClN4O2. The Morgan fingerprint density at radius 2 is 1.71 bits per heavy atom. The number of imidazole rings is 1. The summed E-state index contributed by atoms with van der Waals surface area (Å²) in [5.74, 6) is -0.415. The van der Waals surface area contributed by atoms with Crippen molar-refractivity contribution in [2.24, 2.45) is 0 Å². The standard InChI is InChI=1S/C17H15ClN4O2/c1-10-16(22-8-7-12(18)9-15(22)19-10)17(24)21-14-5-3-13(4-6-14)20-11(2)23/h3-9H,1-2H3,(H,20,23)(H,21,24). The Kier molecular flexibility index (Phi) is 4.22. The van der Waals surface area contributed by atoms with Gasteiger partial charge in [-0.05, 0) is 37.3 Å². The first kappa shape index (κ1) is 16.0. The predicted molar refractivity (Wildman–Crippen MR) is 93.6 cm³/mol. The first-order valence-corrected chi connectivity index (χ1v) is 7.65. The number of halogens is 1. The molecule has 6 nitrogen and oxygen atoms in total. The molecule has 3 aromatic rings. The highest BCUT2D eigenvalue weighted by atomic mass is 35.5. The number of amides is 2. The lowest BCUT2D eigenvalue weighted by Crippen LogP contribution is -2.15. The average molecular weight is 343 g/mol. The van der Waals surface area contributed by atoms with Crippen LogP contribution in [-0.4, -0.2) is 21.2 Å². The fourth-order valence-corrected chi connectivity index (χ4v) is 2.60. The highest BCUT2D eigenvalue weighted by Gasteiger charge is 2.16. The van der Waals surface area contributed by atoms with E-state index in [2.05, 4.69) is 15.6 Å². The van der Waals surface area contributed by atoms with Gasteiger partial charge in [0.25, 0.3) is 5.91 Å². The molecule has 0 aliphatic heterocycles. The molecule has 3 rings (SSSR count). The van der Waals surface area contributed by atoms with Crippen LogP contribution >= 0.6 is 11.6 Å². The number of benzene rings is 1. The smallest absolute Gasteiger partial charge is 0.274 e. The van der Waals surface area contributed by atoms with E-state index in [1.54, 1.807) is 53.9 Å². The number of carbonyl (C=O) groups excluding carboxylic acids is 2. The average Bonchev–Trinajstić information content (AvgIpc) is 2.83. The van der Waals surface area contributed by atoms with Crippen LogP contribution in [-0.2, 0) is 4.79 Å². The lowest BCUT2D eigenvalue weighted by molar-refractivity contribution is -0.114. The van der Waals surface area contributed by atoms with Crippen LogP contribution in [0.2, 0.25) is 5.02 Å². The molecular weight excluding hydrogens is 328 g/mol. The lowest BCUT2D eigenvalue weighted by Gasteiger charge is -2.07. The van der Waals surface area contributed by atoms with E-state index in [9.17, 15) is 9.59 Å². The molecule has 2 aromatic heterocycles. The highest BCUT2D eigenvalue weighted by molar-refractivity contribution is 6.30. The van der Waals surface area contributed by atoms with Gasteiger partial charge in [-0.3, -0.25) is 14.0 Å². The molecule has 0 aliphatic carbocycles. The first-order chi connectivity index (χ1) is 11.4. The van der Waals surface area contributed by atoms with Crippen LogP contribution in [0.3, 0.4) is 0 Å². The fourth-order valence-electron chi connectivity index (χ4n) is 2.44. The number of fused-ring (bicyclic) bond motifs is 1. The molecule has 1 aromatic carbocycles. The molecule has 0 unspecified atom stereocenters. The van der Waals surface area contributed by atoms with E-state index in [1.807, 2.05) is 0 Å². The number of nitrogens with one attached hydrogen (secondary N) is 2. The number of nitrogens with zero attached hydrogens (tertiary/aromatic N) is 2. The molecule has 0 spiro atoms. The Hall–Kier alpha value is -2.86. The van der Waals surface area contributed by atoms with Crippen LogP contribution < -0.4 is 10.6 Å². The van der Waals surface area contributed by atoms with Gasteiger partial charge in [-0.25, -0.2) is 4.98 Å². The van der Waals surface area contributed by atoms with Crippen molar-refractivity contribution < 1.29 is 9.59 Å². The SMILES string of the molecule is CC(=O)Nc1ccc(NC(=O)c2c(C)nc3cc(Cl)ccn23)cc1. The third-order valence-electron chi connectivity index (χ3n) is 3.44. The van der Waals surface area contributed by atoms with Crippen LogP contribution in [0, 0.1) is 6.92 Å². The molecule has 2 heterocycles. The van der Waals surface area contributed by atoms with Crippen LogP contribution in [0.1, 0.15) is 23.1 Å². The van der Waals surface area contributed by atoms with Gasteiger partial charge in [0, 0.05) is 35.6 Å². The summed E-state index contributed by atoms with van der Waals surface area (Å²) in [6.45, 7) is 3.21. The summed E-state index contributed by atoms with van der Waals surface area (Å²) in [6.07, 6.45) is 1.71. The number of rotatable bonds is 3. The van der Waals surface area contributed by atoms with Gasteiger partial charge >= 0.3 is 0 Å². The summed E-state index contributed by atoms with van der Waals surface area (Å²) in [4.78, 5) is 28.0. The Morgan fingerprint density at radius 3 is 2.33 bits per heavy atom. The number of aryl methyl sites for hydroxylation is 1. The molecule has 24 heavy (non-hydrogen) atoms. The fraction of sp³-hybridized carbons (Fsp3) is 0.118. The van der Waals surface area contributed by atoms with E-state index in [0.717, 1.165) is 0 Å². The summed E-state index contributed by atoms with van der Waals surface area (Å²) >= 11 is 5.96. The third kappa shape index (κ3) is 3.23. The maximum absolute atomic E-state index is 12.6. The van der Waals surface area contributed by atoms with Gasteiger partial charge in [0.05, 0.1) is 5.69 Å². The van der Waals surface area contributed by atoms with Gasteiger partial charge in [0.15, 0.2) is 0 Å². The summed E-state index contributed by atoms with van der Waals surface area (Å²) in [6, 6.07) is 10.3. The molecule has 0 radical (unpaired) electrons. The zero-order chi connectivity index (χ0) is 17.3. The van der Waals surface area contributed by atoms with Crippen molar-refractivity contribution in [1.82, 2.24) is 9.38 Å². The van der Waals surface area contributed by atoms with Crippen molar-refractivity contribution in [1.29, 1.82) is 0 Å². The number of anilines is 2. The van der Waals surface area contributed by atoms with Crippen LogP contribution in [0.4, 0.5) is 11.4 Å². The van der Waals surface area contributed by atoms with Gasteiger partial charge in [-0.1, -0.05) is 11.6 Å². The summed E-state index contributed by atoms with van der Waals surface area (Å²) in [5.41, 5.74) is 2.97. The number of aromatic nitrogens is 2. The Balaban J connectivity index is 1.85. The second-order valence-corrected chi connectivity index (χ2v) is 5.77. The molecule has 2 N–H and O–H groups in total. The van der Waals surface area contributed by atoms with Gasteiger partial charge in [-0.15, -0.1) is 0 Å². The van der Waals surface area contributed by atoms with Crippen LogP contribution in [0.5, 0.6) is 0 Å². The predicted octanol–water partition coefficient (Wildman–Crippen LogP) is 3.51. The molecule has 0 saturated heterocycles. The second-order valence-electron chi connectivity index (χ2n) is 5.33.